The monoisotopic (exact) mass is 240 g/mol. The topological polar surface area (TPSA) is 34.1 Å². The Morgan fingerprint density at radius 3 is 3.31 bits per heavy atom. The molecule has 2 unspecified atom stereocenters. The van der Waals surface area contributed by atoms with Crippen LogP contribution < -0.4 is 5.32 Å². The van der Waals surface area contributed by atoms with Gasteiger partial charge in [-0.3, -0.25) is 0 Å². The number of ether oxygens (including phenoxy) is 1. The van der Waals surface area contributed by atoms with Gasteiger partial charge in [-0.15, -0.1) is 11.3 Å². The first-order valence-electron chi connectivity index (χ1n) is 6.12. The number of nitrogens with zero attached hydrogens (tertiary/aromatic N) is 1. The maximum absolute atomic E-state index is 5.87. The molecule has 1 aliphatic rings. The summed E-state index contributed by atoms with van der Waals surface area (Å²) >= 11 is 1.65. The lowest BCUT2D eigenvalue weighted by Gasteiger charge is -2.30. The van der Waals surface area contributed by atoms with Crippen LogP contribution in [0.1, 0.15) is 38.0 Å². The molecule has 0 bridgehead atoms. The highest BCUT2D eigenvalue weighted by Crippen LogP contribution is 2.32. The first-order chi connectivity index (χ1) is 7.92. The van der Waals surface area contributed by atoms with Gasteiger partial charge in [-0.1, -0.05) is 6.92 Å². The van der Waals surface area contributed by atoms with Crippen LogP contribution in [-0.2, 0) is 4.74 Å². The van der Waals surface area contributed by atoms with E-state index in [1.165, 1.54) is 19.3 Å². The number of thiazole rings is 1. The van der Waals surface area contributed by atoms with Crippen molar-refractivity contribution in [3.63, 3.8) is 0 Å². The van der Waals surface area contributed by atoms with Gasteiger partial charge in [-0.05, 0) is 25.8 Å². The van der Waals surface area contributed by atoms with E-state index in [2.05, 4.69) is 22.6 Å². The fourth-order valence-electron chi connectivity index (χ4n) is 2.21. The van der Waals surface area contributed by atoms with E-state index in [1.54, 1.807) is 11.3 Å². The molecular weight excluding hydrogens is 220 g/mol. The van der Waals surface area contributed by atoms with E-state index in [0.29, 0.717) is 5.92 Å². The van der Waals surface area contributed by atoms with Crippen LogP contribution >= 0.6 is 11.3 Å². The minimum absolute atomic E-state index is 0.212. The summed E-state index contributed by atoms with van der Waals surface area (Å²) in [5, 5.41) is 5.61. The van der Waals surface area contributed by atoms with Gasteiger partial charge < -0.3 is 10.1 Å². The van der Waals surface area contributed by atoms with E-state index in [1.807, 2.05) is 5.51 Å². The van der Waals surface area contributed by atoms with Crippen LogP contribution in [0.25, 0.3) is 0 Å². The van der Waals surface area contributed by atoms with Gasteiger partial charge in [-0.2, -0.15) is 0 Å². The summed E-state index contributed by atoms with van der Waals surface area (Å²) in [4.78, 5) is 4.38. The highest BCUT2D eigenvalue weighted by atomic mass is 32.1. The number of hydrogen-bond donors (Lipinski definition) is 1. The van der Waals surface area contributed by atoms with Crippen molar-refractivity contribution in [1.29, 1.82) is 0 Å². The van der Waals surface area contributed by atoms with Gasteiger partial charge in [0.15, 0.2) is 0 Å². The van der Waals surface area contributed by atoms with Gasteiger partial charge in [0, 0.05) is 24.4 Å². The van der Waals surface area contributed by atoms with Gasteiger partial charge in [0.25, 0.3) is 0 Å². The van der Waals surface area contributed by atoms with Crippen molar-refractivity contribution in [3.8, 4) is 0 Å². The molecule has 90 valence electrons. The van der Waals surface area contributed by atoms with E-state index in [-0.39, 0.29) is 6.10 Å². The van der Waals surface area contributed by atoms with Gasteiger partial charge >= 0.3 is 0 Å². The zero-order valence-electron chi connectivity index (χ0n) is 9.82. The summed E-state index contributed by atoms with van der Waals surface area (Å²) in [5.41, 5.74) is 3.01. The molecule has 1 aromatic heterocycles. The quantitative estimate of drug-likeness (QED) is 0.803. The Morgan fingerprint density at radius 2 is 2.56 bits per heavy atom. The number of aromatic nitrogens is 1. The molecule has 4 heteroatoms. The van der Waals surface area contributed by atoms with Crippen LogP contribution in [0.3, 0.4) is 0 Å². The molecule has 0 aliphatic carbocycles. The van der Waals surface area contributed by atoms with E-state index < -0.39 is 0 Å². The molecule has 0 amide bonds. The molecule has 16 heavy (non-hydrogen) atoms. The first-order valence-corrected chi connectivity index (χ1v) is 7.06. The molecule has 1 aromatic rings. The Kier molecular flexibility index (Phi) is 4.75. The Balaban J connectivity index is 1.92. The molecule has 1 fully saturated rings. The lowest BCUT2D eigenvalue weighted by atomic mass is 9.92. The van der Waals surface area contributed by atoms with Crippen molar-refractivity contribution in [2.45, 2.75) is 32.3 Å². The summed E-state index contributed by atoms with van der Waals surface area (Å²) in [6, 6.07) is 0. The van der Waals surface area contributed by atoms with Gasteiger partial charge in [0.05, 0.1) is 11.2 Å². The highest BCUT2D eigenvalue weighted by molar-refractivity contribution is 7.07. The average Bonchev–Trinajstić information content (AvgIpc) is 2.83. The van der Waals surface area contributed by atoms with Crippen molar-refractivity contribution < 1.29 is 4.74 Å². The first kappa shape index (κ1) is 12.0. The Labute approximate surface area is 101 Å². The minimum atomic E-state index is 0.212. The van der Waals surface area contributed by atoms with Gasteiger partial charge in [0.1, 0.15) is 6.10 Å². The summed E-state index contributed by atoms with van der Waals surface area (Å²) in [5.74, 6) is 0.586. The number of rotatable bonds is 5. The number of hydrogen-bond acceptors (Lipinski definition) is 4. The van der Waals surface area contributed by atoms with Crippen LogP contribution in [0.5, 0.6) is 0 Å². The number of nitrogens with one attached hydrogen (secondary N) is 1. The molecule has 2 rings (SSSR count). The van der Waals surface area contributed by atoms with Crippen molar-refractivity contribution in [2.75, 3.05) is 19.7 Å². The van der Waals surface area contributed by atoms with Crippen molar-refractivity contribution in [2.24, 2.45) is 5.92 Å². The second-order valence-corrected chi connectivity index (χ2v) is 5.03. The van der Waals surface area contributed by atoms with Crippen LogP contribution in [0, 0.1) is 5.92 Å². The van der Waals surface area contributed by atoms with Crippen LogP contribution in [-0.4, -0.2) is 24.7 Å². The van der Waals surface area contributed by atoms with E-state index in [0.717, 1.165) is 25.4 Å². The molecule has 2 heterocycles. The average molecular weight is 240 g/mol. The molecule has 0 spiro atoms. The largest absolute Gasteiger partial charge is 0.372 e. The smallest absolute Gasteiger partial charge is 0.104 e. The van der Waals surface area contributed by atoms with Crippen LogP contribution in [0.4, 0.5) is 0 Å². The maximum atomic E-state index is 5.87. The lowest BCUT2D eigenvalue weighted by Crippen LogP contribution is -2.32. The third-order valence-electron chi connectivity index (χ3n) is 3.02. The zero-order valence-corrected chi connectivity index (χ0v) is 10.6. The minimum Gasteiger partial charge on any atom is -0.372 e. The second-order valence-electron chi connectivity index (χ2n) is 4.31. The highest BCUT2D eigenvalue weighted by Gasteiger charge is 2.28. The summed E-state index contributed by atoms with van der Waals surface area (Å²) in [6.45, 7) is 5.23. The predicted molar refractivity (Wildman–Crippen MR) is 66.7 cm³/mol. The summed E-state index contributed by atoms with van der Waals surface area (Å²) in [6.07, 6.45) is 3.83. The lowest BCUT2D eigenvalue weighted by molar-refractivity contribution is -0.0298. The molecule has 1 saturated heterocycles. The summed E-state index contributed by atoms with van der Waals surface area (Å²) in [7, 11) is 0. The normalized spacial score (nSPS) is 25.8. The van der Waals surface area contributed by atoms with E-state index in [4.69, 9.17) is 4.74 Å². The summed E-state index contributed by atoms with van der Waals surface area (Å²) < 4.78 is 5.87. The molecule has 1 aliphatic heterocycles. The second kappa shape index (κ2) is 6.33. The molecule has 0 saturated carbocycles. The molecule has 2 atom stereocenters. The van der Waals surface area contributed by atoms with Crippen molar-refractivity contribution >= 4 is 11.3 Å². The zero-order chi connectivity index (χ0) is 11.2. The third kappa shape index (κ3) is 3.03. The molecule has 0 aromatic carbocycles. The van der Waals surface area contributed by atoms with Gasteiger partial charge in [-0.25, -0.2) is 4.98 Å². The molecule has 1 N–H and O–H groups in total. The van der Waals surface area contributed by atoms with E-state index in [9.17, 15) is 0 Å². The van der Waals surface area contributed by atoms with Crippen LogP contribution in [0.15, 0.2) is 10.9 Å². The van der Waals surface area contributed by atoms with E-state index >= 15 is 0 Å². The fraction of sp³-hybridized carbons (Fsp3) is 0.750. The Morgan fingerprint density at radius 1 is 1.62 bits per heavy atom. The maximum Gasteiger partial charge on any atom is 0.104 e. The van der Waals surface area contributed by atoms with Gasteiger partial charge in [0.2, 0.25) is 0 Å². The van der Waals surface area contributed by atoms with Crippen molar-refractivity contribution in [3.05, 3.63) is 16.6 Å². The Hall–Kier alpha value is -0.450. The molecule has 3 nitrogen and oxygen atoms in total. The predicted octanol–water partition coefficient (Wildman–Crippen LogP) is 2.61. The Bertz CT molecular complexity index is 289. The molecular formula is C12H20N2OS. The standard InChI is InChI=1S/C12H20N2OS/c1-2-5-13-7-10-4-3-6-15-12(10)11-8-16-9-14-11/h8-10,12-13H,2-7H2,1H3. The van der Waals surface area contributed by atoms with Crippen molar-refractivity contribution in [1.82, 2.24) is 10.3 Å². The molecule has 0 radical (unpaired) electrons. The van der Waals surface area contributed by atoms with Crippen LogP contribution in [0.2, 0.25) is 0 Å². The third-order valence-corrected chi connectivity index (χ3v) is 3.63. The SMILES string of the molecule is CCCNCC1CCCOC1c1cscn1. The fourth-order valence-corrected chi connectivity index (χ4v) is 2.78.